The third kappa shape index (κ3) is 2.76. The minimum Gasteiger partial charge on any atom is -0.381 e. The van der Waals surface area contributed by atoms with E-state index in [1.165, 1.54) is 44.3 Å². The van der Waals surface area contributed by atoms with Crippen LogP contribution < -0.4 is 5.32 Å². The van der Waals surface area contributed by atoms with Gasteiger partial charge in [-0.15, -0.1) is 0 Å². The Bertz CT molecular complexity index is 345. The molecule has 2 heterocycles. The van der Waals surface area contributed by atoms with Crippen molar-refractivity contribution in [1.29, 1.82) is 0 Å². The fourth-order valence-corrected chi connectivity index (χ4v) is 3.25. The molecule has 2 aliphatic heterocycles. The molecule has 2 aliphatic rings. The number of rotatable bonds is 2. The van der Waals surface area contributed by atoms with Crippen LogP contribution in [0.15, 0.2) is 24.3 Å². The van der Waals surface area contributed by atoms with Gasteiger partial charge in [-0.05, 0) is 61.7 Å². The summed E-state index contributed by atoms with van der Waals surface area (Å²) in [5, 5.41) is 3.45. The average Bonchev–Trinajstić information content (AvgIpc) is 2.49. The van der Waals surface area contributed by atoms with E-state index in [-0.39, 0.29) is 0 Å². The van der Waals surface area contributed by atoms with Gasteiger partial charge in [0.25, 0.3) is 0 Å². The van der Waals surface area contributed by atoms with Gasteiger partial charge in [-0.1, -0.05) is 24.3 Å². The van der Waals surface area contributed by atoms with Crippen LogP contribution in [-0.2, 0) is 4.74 Å². The molecule has 1 aromatic rings. The summed E-state index contributed by atoms with van der Waals surface area (Å²) in [6.07, 6.45) is 4.96. The molecule has 2 heteroatoms. The third-order valence-corrected chi connectivity index (χ3v) is 4.41. The molecular weight excluding hydrogens is 222 g/mol. The van der Waals surface area contributed by atoms with E-state index in [2.05, 4.69) is 29.6 Å². The largest absolute Gasteiger partial charge is 0.381 e. The Morgan fingerprint density at radius 1 is 0.889 bits per heavy atom. The van der Waals surface area contributed by atoms with Gasteiger partial charge in [0, 0.05) is 13.2 Å². The number of ether oxygens (including phenoxy) is 1. The van der Waals surface area contributed by atoms with Crippen molar-refractivity contribution in [2.75, 3.05) is 26.3 Å². The summed E-state index contributed by atoms with van der Waals surface area (Å²) in [4.78, 5) is 0. The molecule has 2 saturated heterocycles. The summed E-state index contributed by atoms with van der Waals surface area (Å²) in [7, 11) is 0. The predicted molar refractivity (Wildman–Crippen MR) is 74.1 cm³/mol. The fourth-order valence-electron chi connectivity index (χ4n) is 3.25. The molecule has 0 spiro atoms. The highest BCUT2D eigenvalue weighted by molar-refractivity contribution is 5.29. The second-order valence-electron chi connectivity index (χ2n) is 5.58. The maximum Gasteiger partial charge on any atom is 0.0471 e. The molecule has 18 heavy (non-hydrogen) atoms. The summed E-state index contributed by atoms with van der Waals surface area (Å²) >= 11 is 0. The maximum atomic E-state index is 5.46. The summed E-state index contributed by atoms with van der Waals surface area (Å²) in [6, 6.07) is 9.34. The highest BCUT2D eigenvalue weighted by Gasteiger charge is 2.19. The van der Waals surface area contributed by atoms with Crippen LogP contribution in [0, 0.1) is 0 Å². The zero-order valence-electron chi connectivity index (χ0n) is 11.0. The van der Waals surface area contributed by atoms with Crippen LogP contribution >= 0.6 is 0 Å². The first-order chi connectivity index (χ1) is 8.93. The molecule has 0 aromatic heterocycles. The molecule has 0 atom stereocenters. The lowest BCUT2D eigenvalue weighted by Crippen LogP contribution is -2.26. The van der Waals surface area contributed by atoms with Crippen molar-refractivity contribution in [3.05, 3.63) is 35.4 Å². The highest BCUT2D eigenvalue weighted by Crippen LogP contribution is 2.31. The standard InChI is InChI=1S/C16H23NO/c1-2-15(13-4-8-17-9-5-13)12-16(3-1)14-6-10-18-11-7-14/h1-3,12-14,17H,4-11H2. The molecule has 0 saturated carbocycles. The average molecular weight is 245 g/mol. The van der Waals surface area contributed by atoms with E-state index in [0.717, 1.165) is 25.0 Å². The lowest BCUT2D eigenvalue weighted by Gasteiger charge is -2.26. The molecule has 0 aliphatic carbocycles. The van der Waals surface area contributed by atoms with Crippen LogP contribution in [0.25, 0.3) is 0 Å². The van der Waals surface area contributed by atoms with Gasteiger partial charge in [0.05, 0.1) is 0 Å². The second kappa shape index (κ2) is 5.85. The third-order valence-electron chi connectivity index (χ3n) is 4.41. The van der Waals surface area contributed by atoms with Crippen LogP contribution in [0.4, 0.5) is 0 Å². The highest BCUT2D eigenvalue weighted by atomic mass is 16.5. The Hall–Kier alpha value is -0.860. The molecule has 0 radical (unpaired) electrons. The summed E-state index contributed by atoms with van der Waals surface area (Å²) in [5.74, 6) is 1.49. The summed E-state index contributed by atoms with van der Waals surface area (Å²) in [6.45, 7) is 4.21. The van der Waals surface area contributed by atoms with Crippen LogP contribution in [0.2, 0.25) is 0 Å². The van der Waals surface area contributed by atoms with Crippen LogP contribution in [0.1, 0.15) is 48.6 Å². The zero-order chi connectivity index (χ0) is 12.2. The van der Waals surface area contributed by atoms with E-state index in [0.29, 0.717) is 0 Å². The minimum atomic E-state index is 0.723. The van der Waals surface area contributed by atoms with Crippen molar-refractivity contribution in [2.45, 2.75) is 37.5 Å². The number of hydrogen-bond donors (Lipinski definition) is 1. The van der Waals surface area contributed by atoms with E-state index in [1.807, 2.05) is 0 Å². The van der Waals surface area contributed by atoms with Crippen LogP contribution in [0.5, 0.6) is 0 Å². The SMILES string of the molecule is c1cc(C2CCNCC2)cc(C2CCOCC2)c1. The minimum absolute atomic E-state index is 0.723. The van der Waals surface area contributed by atoms with Gasteiger partial charge in [-0.2, -0.15) is 0 Å². The number of hydrogen-bond acceptors (Lipinski definition) is 2. The van der Waals surface area contributed by atoms with Gasteiger partial charge in [0.2, 0.25) is 0 Å². The molecule has 0 amide bonds. The van der Waals surface area contributed by atoms with Crippen molar-refractivity contribution in [3.8, 4) is 0 Å². The van der Waals surface area contributed by atoms with Crippen molar-refractivity contribution in [2.24, 2.45) is 0 Å². The van der Waals surface area contributed by atoms with Crippen molar-refractivity contribution in [3.63, 3.8) is 0 Å². The molecule has 1 N–H and O–H groups in total. The lowest BCUT2D eigenvalue weighted by molar-refractivity contribution is 0.0853. The number of piperidine rings is 1. The molecule has 2 fully saturated rings. The normalized spacial score (nSPS) is 23.1. The van der Waals surface area contributed by atoms with Gasteiger partial charge in [-0.3, -0.25) is 0 Å². The van der Waals surface area contributed by atoms with E-state index in [1.54, 1.807) is 5.56 Å². The van der Waals surface area contributed by atoms with Crippen molar-refractivity contribution < 1.29 is 4.74 Å². The number of benzene rings is 1. The number of nitrogens with one attached hydrogen (secondary N) is 1. The van der Waals surface area contributed by atoms with Crippen molar-refractivity contribution >= 4 is 0 Å². The Morgan fingerprint density at radius 3 is 2.17 bits per heavy atom. The molecule has 0 unspecified atom stereocenters. The first kappa shape index (κ1) is 12.2. The van der Waals surface area contributed by atoms with E-state index < -0.39 is 0 Å². The molecule has 98 valence electrons. The first-order valence-corrected chi connectivity index (χ1v) is 7.32. The van der Waals surface area contributed by atoms with Gasteiger partial charge in [0.15, 0.2) is 0 Å². The van der Waals surface area contributed by atoms with E-state index in [4.69, 9.17) is 4.74 Å². The van der Waals surface area contributed by atoms with E-state index >= 15 is 0 Å². The first-order valence-electron chi connectivity index (χ1n) is 7.32. The summed E-state index contributed by atoms with van der Waals surface area (Å²) in [5.41, 5.74) is 3.09. The predicted octanol–water partition coefficient (Wildman–Crippen LogP) is 3.05. The monoisotopic (exact) mass is 245 g/mol. The lowest BCUT2D eigenvalue weighted by atomic mass is 9.85. The Balaban J connectivity index is 1.75. The Morgan fingerprint density at radius 2 is 1.50 bits per heavy atom. The topological polar surface area (TPSA) is 21.3 Å². The van der Waals surface area contributed by atoms with E-state index in [9.17, 15) is 0 Å². The Kier molecular flexibility index (Phi) is 3.96. The van der Waals surface area contributed by atoms with Crippen molar-refractivity contribution in [1.82, 2.24) is 5.32 Å². The van der Waals surface area contributed by atoms with Crippen LogP contribution in [-0.4, -0.2) is 26.3 Å². The van der Waals surface area contributed by atoms with Gasteiger partial charge < -0.3 is 10.1 Å². The van der Waals surface area contributed by atoms with Gasteiger partial charge >= 0.3 is 0 Å². The maximum absolute atomic E-state index is 5.46. The molecule has 3 rings (SSSR count). The Labute approximate surface area is 110 Å². The van der Waals surface area contributed by atoms with Gasteiger partial charge in [-0.25, -0.2) is 0 Å². The summed E-state index contributed by atoms with van der Waals surface area (Å²) < 4.78 is 5.46. The second-order valence-corrected chi connectivity index (χ2v) is 5.58. The fraction of sp³-hybridized carbons (Fsp3) is 0.625. The molecule has 2 nitrogen and oxygen atoms in total. The zero-order valence-corrected chi connectivity index (χ0v) is 11.0. The quantitative estimate of drug-likeness (QED) is 0.864. The van der Waals surface area contributed by atoms with Crippen LogP contribution in [0.3, 0.4) is 0 Å². The molecular formula is C16H23NO. The van der Waals surface area contributed by atoms with Gasteiger partial charge in [0.1, 0.15) is 0 Å². The smallest absolute Gasteiger partial charge is 0.0471 e. The molecule has 0 bridgehead atoms. The molecule has 1 aromatic carbocycles.